The third kappa shape index (κ3) is 6.17. The fraction of sp³-hybridized carbons (Fsp3) is 0.300. The van der Waals surface area contributed by atoms with Gasteiger partial charge in [-0.1, -0.05) is 29.8 Å². The van der Waals surface area contributed by atoms with Crippen LogP contribution < -0.4 is 10.5 Å². The molecule has 25 heavy (non-hydrogen) atoms. The summed E-state index contributed by atoms with van der Waals surface area (Å²) in [6.45, 7) is 5.76. The largest absolute Gasteiger partial charge is 0.498 e. The molecule has 2 aromatic carbocycles. The van der Waals surface area contributed by atoms with Crippen LogP contribution in [-0.4, -0.2) is 13.2 Å². The maximum atomic E-state index is 5.98. The Bertz CT molecular complexity index is 696. The lowest BCUT2D eigenvalue weighted by molar-refractivity contribution is 0.223. The molecule has 2 N–H and O–H groups in total. The van der Waals surface area contributed by atoms with Crippen LogP contribution in [0.4, 0.5) is 0 Å². The Morgan fingerprint density at radius 1 is 1.12 bits per heavy atom. The first-order chi connectivity index (χ1) is 12.0. The lowest BCUT2D eigenvalue weighted by atomic mass is 10.1. The van der Waals surface area contributed by atoms with Crippen molar-refractivity contribution in [2.24, 2.45) is 5.73 Å². The SMILES string of the molecule is CCOC(=Cc1cc(Br)c(OCc2ccc(C)cc2)c(Br)c1)CCN. The molecule has 0 heterocycles. The van der Waals surface area contributed by atoms with E-state index in [1.54, 1.807) is 0 Å². The molecular weight excluding hydrogens is 446 g/mol. The van der Waals surface area contributed by atoms with Crippen molar-refractivity contribution in [2.75, 3.05) is 13.2 Å². The third-order valence-electron chi connectivity index (χ3n) is 3.57. The minimum atomic E-state index is 0.518. The second-order valence-electron chi connectivity index (χ2n) is 5.67. The number of halogens is 2. The fourth-order valence-electron chi connectivity index (χ4n) is 2.34. The number of rotatable bonds is 8. The molecule has 0 atom stereocenters. The molecular formula is C20H23Br2NO2. The van der Waals surface area contributed by atoms with Crippen LogP contribution in [0.1, 0.15) is 30.0 Å². The van der Waals surface area contributed by atoms with Gasteiger partial charge in [0.2, 0.25) is 0 Å². The van der Waals surface area contributed by atoms with Gasteiger partial charge >= 0.3 is 0 Å². The second kappa shape index (κ2) is 10.00. The van der Waals surface area contributed by atoms with Crippen LogP contribution in [0.5, 0.6) is 5.75 Å². The Morgan fingerprint density at radius 2 is 1.76 bits per heavy atom. The summed E-state index contributed by atoms with van der Waals surface area (Å²) in [4.78, 5) is 0. The normalized spacial score (nSPS) is 11.5. The van der Waals surface area contributed by atoms with Crippen LogP contribution in [0, 0.1) is 6.92 Å². The minimum Gasteiger partial charge on any atom is -0.498 e. The maximum Gasteiger partial charge on any atom is 0.148 e. The smallest absolute Gasteiger partial charge is 0.148 e. The zero-order valence-corrected chi connectivity index (χ0v) is 17.7. The summed E-state index contributed by atoms with van der Waals surface area (Å²) < 4.78 is 13.4. The average Bonchev–Trinajstić information content (AvgIpc) is 2.56. The highest BCUT2D eigenvalue weighted by Crippen LogP contribution is 2.36. The zero-order valence-electron chi connectivity index (χ0n) is 14.5. The molecule has 0 saturated carbocycles. The van der Waals surface area contributed by atoms with E-state index in [0.717, 1.165) is 38.0 Å². The standard InChI is InChI=1S/C20H23Br2NO2/c1-3-24-17(8-9-23)10-16-11-18(21)20(19(22)12-16)25-13-15-6-4-14(2)5-7-15/h4-7,10-12H,3,8-9,13,23H2,1-2H3. The van der Waals surface area contributed by atoms with E-state index < -0.39 is 0 Å². The fourth-order valence-corrected chi connectivity index (χ4v) is 3.79. The van der Waals surface area contributed by atoms with E-state index in [1.807, 2.05) is 25.1 Å². The molecule has 0 saturated heterocycles. The highest BCUT2D eigenvalue weighted by molar-refractivity contribution is 9.11. The van der Waals surface area contributed by atoms with Gasteiger partial charge in [0.15, 0.2) is 0 Å². The van der Waals surface area contributed by atoms with E-state index in [1.165, 1.54) is 5.56 Å². The van der Waals surface area contributed by atoms with Crippen molar-refractivity contribution >= 4 is 37.9 Å². The van der Waals surface area contributed by atoms with Gasteiger partial charge in [-0.15, -0.1) is 0 Å². The van der Waals surface area contributed by atoms with Gasteiger partial charge in [-0.25, -0.2) is 0 Å². The van der Waals surface area contributed by atoms with Crippen molar-refractivity contribution in [3.8, 4) is 5.75 Å². The molecule has 0 radical (unpaired) electrons. The molecule has 0 spiro atoms. The Hall–Kier alpha value is -1.30. The number of aryl methyl sites for hydroxylation is 1. The summed E-state index contributed by atoms with van der Waals surface area (Å²) in [6.07, 6.45) is 2.73. The van der Waals surface area contributed by atoms with Gasteiger partial charge in [0.25, 0.3) is 0 Å². The van der Waals surface area contributed by atoms with Gasteiger partial charge in [0.1, 0.15) is 12.4 Å². The quantitative estimate of drug-likeness (QED) is 0.496. The third-order valence-corrected chi connectivity index (χ3v) is 4.75. The van der Waals surface area contributed by atoms with Gasteiger partial charge in [0.05, 0.1) is 21.3 Å². The summed E-state index contributed by atoms with van der Waals surface area (Å²) >= 11 is 7.20. The second-order valence-corrected chi connectivity index (χ2v) is 7.38. The molecule has 0 aliphatic carbocycles. The number of ether oxygens (including phenoxy) is 2. The maximum absolute atomic E-state index is 5.98. The molecule has 0 aromatic heterocycles. The molecule has 3 nitrogen and oxygen atoms in total. The Morgan fingerprint density at radius 3 is 2.32 bits per heavy atom. The monoisotopic (exact) mass is 467 g/mol. The summed E-state index contributed by atoms with van der Waals surface area (Å²) in [5, 5.41) is 0. The van der Waals surface area contributed by atoms with Gasteiger partial charge in [-0.3, -0.25) is 0 Å². The van der Waals surface area contributed by atoms with E-state index in [2.05, 4.69) is 63.0 Å². The highest BCUT2D eigenvalue weighted by atomic mass is 79.9. The number of hydrogen-bond donors (Lipinski definition) is 1. The zero-order chi connectivity index (χ0) is 18.2. The van der Waals surface area contributed by atoms with Gasteiger partial charge in [0, 0.05) is 6.42 Å². The van der Waals surface area contributed by atoms with Crippen molar-refractivity contribution in [2.45, 2.75) is 26.9 Å². The van der Waals surface area contributed by atoms with E-state index in [-0.39, 0.29) is 0 Å². The molecule has 5 heteroatoms. The number of benzene rings is 2. The molecule has 0 unspecified atom stereocenters. The summed E-state index contributed by atoms with van der Waals surface area (Å²) in [6, 6.07) is 12.4. The van der Waals surface area contributed by atoms with Crippen LogP contribution >= 0.6 is 31.9 Å². The minimum absolute atomic E-state index is 0.518. The molecule has 0 fully saturated rings. The highest BCUT2D eigenvalue weighted by Gasteiger charge is 2.10. The molecule has 0 bridgehead atoms. The van der Waals surface area contributed by atoms with Crippen molar-refractivity contribution in [3.05, 3.63) is 67.8 Å². The van der Waals surface area contributed by atoms with E-state index in [0.29, 0.717) is 19.8 Å². The van der Waals surface area contributed by atoms with Crippen molar-refractivity contribution in [1.82, 2.24) is 0 Å². The summed E-state index contributed by atoms with van der Waals surface area (Å²) in [5.41, 5.74) is 9.04. The van der Waals surface area contributed by atoms with Crippen molar-refractivity contribution < 1.29 is 9.47 Å². The van der Waals surface area contributed by atoms with E-state index in [9.17, 15) is 0 Å². The first kappa shape index (κ1) is 20.0. The molecule has 0 aliphatic rings. The van der Waals surface area contributed by atoms with Gasteiger partial charge < -0.3 is 15.2 Å². The lowest BCUT2D eigenvalue weighted by Crippen LogP contribution is -2.03. The van der Waals surface area contributed by atoms with Crippen LogP contribution in [-0.2, 0) is 11.3 Å². The lowest BCUT2D eigenvalue weighted by Gasteiger charge is -2.13. The van der Waals surface area contributed by atoms with Crippen molar-refractivity contribution in [1.29, 1.82) is 0 Å². The first-order valence-corrected chi connectivity index (χ1v) is 9.83. The van der Waals surface area contributed by atoms with Crippen LogP contribution in [0.3, 0.4) is 0 Å². The Kier molecular flexibility index (Phi) is 8.00. The molecule has 0 amide bonds. The van der Waals surface area contributed by atoms with E-state index >= 15 is 0 Å². The molecule has 0 aliphatic heterocycles. The summed E-state index contributed by atoms with van der Waals surface area (Å²) in [7, 11) is 0. The first-order valence-electron chi connectivity index (χ1n) is 8.24. The Labute approximate surface area is 166 Å². The topological polar surface area (TPSA) is 44.5 Å². The van der Waals surface area contributed by atoms with Gasteiger partial charge in [-0.05, 0) is 81.6 Å². The number of hydrogen-bond acceptors (Lipinski definition) is 3. The molecule has 2 aromatic rings. The molecule has 2 rings (SSSR count). The van der Waals surface area contributed by atoms with Crippen LogP contribution in [0.25, 0.3) is 6.08 Å². The predicted octanol–water partition coefficient (Wildman–Crippen LogP) is 5.83. The van der Waals surface area contributed by atoms with Crippen molar-refractivity contribution in [3.63, 3.8) is 0 Å². The van der Waals surface area contributed by atoms with Crippen LogP contribution in [0.15, 0.2) is 51.1 Å². The molecule has 134 valence electrons. The van der Waals surface area contributed by atoms with Crippen LogP contribution in [0.2, 0.25) is 0 Å². The predicted molar refractivity (Wildman–Crippen MR) is 111 cm³/mol. The summed E-state index contributed by atoms with van der Waals surface area (Å²) in [5.74, 6) is 1.67. The Balaban J connectivity index is 2.15. The van der Waals surface area contributed by atoms with E-state index in [4.69, 9.17) is 15.2 Å². The average molecular weight is 469 g/mol. The van der Waals surface area contributed by atoms with Gasteiger partial charge in [-0.2, -0.15) is 0 Å². The number of nitrogens with two attached hydrogens (primary N) is 1.